The Balaban J connectivity index is 1.57. The molecule has 23 heavy (non-hydrogen) atoms. The van der Waals surface area contributed by atoms with Gasteiger partial charge in [-0.25, -0.2) is 0 Å². The zero-order valence-electron chi connectivity index (χ0n) is 13.0. The van der Waals surface area contributed by atoms with Crippen LogP contribution in [0.4, 0.5) is 11.8 Å². The Bertz CT molecular complexity index is 741. The molecule has 0 spiro atoms. The van der Waals surface area contributed by atoms with Crippen LogP contribution < -0.4 is 10.6 Å². The lowest BCUT2D eigenvalue weighted by atomic mass is 10.1. The normalized spacial score (nSPS) is 10.3. The maximum Gasteiger partial charge on any atom is 0.244 e. The van der Waals surface area contributed by atoms with Gasteiger partial charge in [0.1, 0.15) is 0 Å². The molecule has 5 nitrogen and oxygen atoms in total. The average Bonchev–Trinajstić information content (AvgIpc) is 2.61. The average molecular weight is 305 g/mol. The molecule has 0 unspecified atom stereocenters. The molecule has 2 aromatic carbocycles. The summed E-state index contributed by atoms with van der Waals surface area (Å²) < 4.78 is 0. The van der Waals surface area contributed by atoms with E-state index in [9.17, 15) is 0 Å². The first kappa shape index (κ1) is 15.0. The van der Waals surface area contributed by atoms with Crippen LogP contribution in [-0.2, 0) is 13.1 Å². The van der Waals surface area contributed by atoms with Gasteiger partial charge in [-0.1, -0.05) is 60.2 Å². The molecule has 0 aliphatic rings. The lowest BCUT2D eigenvalue weighted by molar-refractivity contribution is 0.937. The molecule has 3 rings (SSSR count). The lowest BCUT2D eigenvalue weighted by Crippen LogP contribution is -2.08. The molecule has 2 N–H and O–H groups in total. The third-order valence-corrected chi connectivity index (χ3v) is 3.45. The highest BCUT2D eigenvalue weighted by Gasteiger charge is 2.01. The van der Waals surface area contributed by atoms with Crippen LogP contribution in [0.25, 0.3) is 0 Å². The van der Waals surface area contributed by atoms with Gasteiger partial charge in [-0.05, 0) is 18.1 Å². The van der Waals surface area contributed by atoms with Crippen LogP contribution in [0.3, 0.4) is 0 Å². The van der Waals surface area contributed by atoms with Gasteiger partial charge in [-0.2, -0.15) is 10.1 Å². The fourth-order valence-corrected chi connectivity index (χ4v) is 2.14. The Morgan fingerprint density at radius 2 is 1.52 bits per heavy atom. The molecule has 0 atom stereocenters. The summed E-state index contributed by atoms with van der Waals surface area (Å²) in [5.41, 5.74) is 3.63. The van der Waals surface area contributed by atoms with Crippen molar-refractivity contribution < 1.29 is 0 Å². The summed E-state index contributed by atoms with van der Waals surface area (Å²) in [6, 6.07) is 18.5. The predicted molar refractivity (Wildman–Crippen MR) is 92.1 cm³/mol. The van der Waals surface area contributed by atoms with Gasteiger partial charge in [-0.15, -0.1) is 5.10 Å². The zero-order chi connectivity index (χ0) is 15.9. The third kappa shape index (κ3) is 4.51. The van der Waals surface area contributed by atoms with Crippen molar-refractivity contribution in [2.24, 2.45) is 0 Å². The standard InChI is InChI=1S/C18H19N5/c1-14-7-9-16(10-8-14)11-19-17-13-21-23-18(22-17)20-12-15-5-3-2-4-6-15/h2-10,13H,11-12H2,1H3,(H2,19,20,22,23). The van der Waals surface area contributed by atoms with Crippen LogP contribution in [-0.4, -0.2) is 15.2 Å². The molecule has 0 amide bonds. The van der Waals surface area contributed by atoms with E-state index < -0.39 is 0 Å². The van der Waals surface area contributed by atoms with Gasteiger partial charge in [0, 0.05) is 13.1 Å². The van der Waals surface area contributed by atoms with E-state index in [1.807, 2.05) is 18.2 Å². The second-order valence-electron chi connectivity index (χ2n) is 5.34. The smallest absolute Gasteiger partial charge is 0.244 e. The minimum atomic E-state index is 0.516. The van der Waals surface area contributed by atoms with Gasteiger partial charge in [-0.3, -0.25) is 0 Å². The highest BCUT2D eigenvalue weighted by molar-refractivity contribution is 5.38. The van der Waals surface area contributed by atoms with E-state index in [1.54, 1.807) is 6.20 Å². The van der Waals surface area contributed by atoms with Gasteiger partial charge in [0.15, 0.2) is 5.82 Å². The molecule has 0 bridgehead atoms. The largest absolute Gasteiger partial charge is 0.365 e. The fraction of sp³-hybridized carbons (Fsp3) is 0.167. The highest BCUT2D eigenvalue weighted by Crippen LogP contribution is 2.09. The van der Waals surface area contributed by atoms with Crippen LogP contribution in [0, 0.1) is 6.92 Å². The van der Waals surface area contributed by atoms with Crippen molar-refractivity contribution in [1.29, 1.82) is 0 Å². The second-order valence-corrected chi connectivity index (χ2v) is 5.34. The summed E-state index contributed by atoms with van der Waals surface area (Å²) in [6.45, 7) is 3.46. The van der Waals surface area contributed by atoms with Crippen molar-refractivity contribution in [2.75, 3.05) is 10.6 Å². The van der Waals surface area contributed by atoms with Crippen LogP contribution in [0.15, 0.2) is 60.8 Å². The van der Waals surface area contributed by atoms with Gasteiger partial charge in [0.25, 0.3) is 0 Å². The van der Waals surface area contributed by atoms with Crippen molar-refractivity contribution in [2.45, 2.75) is 20.0 Å². The Labute approximate surface area is 135 Å². The number of hydrogen-bond donors (Lipinski definition) is 2. The molecular formula is C18H19N5. The zero-order valence-corrected chi connectivity index (χ0v) is 13.0. The quantitative estimate of drug-likeness (QED) is 0.731. The number of hydrogen-bond acceptors (Lipinski definition) is 5. The number of anilines is 2. The van der Waals surface area contributed by atoms with E-state index in [2.05, 4.69) is 69.1 Å². The second kappa shape index (κ2) is 7.35. The Morgan fingerprint density at radius 1 is 0.826 bits per heavy atom. The van der Waals surface area contributed by atoms with Crippen molar-refractivity contribution in [3.63, 3.8) is 0 Å². The van der Waals surface area contributed by atoms with E-state index in [-0.39, 0.29) is 0 Å². The minimum absolute atomic E-state index is 0.516. The highest BCUT2D eigenvalue weighted by atomic mass is 15.3. The summed E-state index contributed by atoms with van der Waals surface area (Å²) >= 11 is 0. The molecule has 5 heteroatoms. The van der Waals surface area contributed by atoms with Gasteiger partial charge in [0.05, 0.1) is 6.20 Å². The SMILES string of the molecule is Cc1ccc(CNc2cnnc(NCc3ccccc3)n2)cc1. The molecule has 0 saturated heterocycles. The Hall–Kier alpha value is -2.95. The van der Waals surface area contributed by atoms with Gasteiger partial charge in [0.2, 0.25) is 5.95 Å². The first-order chi connectivity index (χ1) is 11.3. The molecule has 1 aromatic heterocycles. The first-order valence-electron chi connectivity index (χ1n) is 7.56. The molecule has 1 heterocycles. The van der Waals surface area contributed by atoms with Gasteiger partial charge < -0.3 is 10.6 Å². The topological polar surface area (TPSA) is 62.7 Å². The Morgan fingerprint density at radius 3 is 2.30 bits per heavy atom. The summed E-state index contributed by atoms with van der Waals surface area (Å²) in [4.78, 5) is 4.42. The van der Waals surface area contributed by atoms with E-state index in [0.29, 0.717) is 24.9 Å². The van der Waals surface area contributed by atoms with Gasteiger partial charge >= 0.3 is 0 Å². The van der Waals surface area contributed by atoms with Crippen LogP contribution in [0.2, 0.25) is 0 Å². The molecule has 0 fully saturated rings. The molecular weight excluding hydrogens is 286 g/mol. The number of aromatic nitrogens is 3. The molecule has 3 aromatic rings. The number of aryl methyl sites for hydroxylation is 1. The summed E-state index contributed by atoms with van der Waals surface area (Å²) in [7, 11) is 0. The molecule has 0 aliphatic carbocycles. The van der Waals surface area contributed by atoms with E-state index in [4.69, 9.17) is 0 Å². The first-order valence-corrected chi connectivity index (χ1v) is 7.56. The predicted octanol–water partition coefficient (Wildman–Crippen LogP) is 3.40. The minimum Gasteiger partial charge on any atom is -0.365 e. The summed E-state index contributed by atoms with van der Waals surface area (Å²) in [5, 5.41) is 14.4. The molecule has 0 radical (unpaired) electrons. The van der Waals surface area contributed by atoms with E-state index in [1.165, 1.54) is 16.7 Å². The van der Waals surface area contributed by atoms with Crippen LogP contribution >= 0.6 is 0 Å². The van der Waals surface area contributed by atoms with Crippen LogP contribution in [0.5, 0.6) is 0 Å². The summed E-state index contributed by atoms with van der Waals surface area (Å²) in [5.74, 6) is 1.22. The van der Waals surface area contributed by atoms with E-state index >= 15 is 0 Å². The fourth-order valence-electron chi connectivity index (χ4n) is 2.14. The third-order valence-electron chi connectivity index (χ3n) is 3.45. The number of rotatable bonds is 6. The maximum atomic E-state index is 4.42. The summed E-state index contributed by atoms with van der Waals surface area (Å²) in [6.07, 6.45) is 1.63. The number of nitrogens with one attached hydrogen (secondary N) is 2. The van der Waals surface area contributed by atoms with Crippen LogP contribution in [0.1, 0.15) is 16.7 Å². The monoisotopic (exact) mass is 305 g/mol. The maximum absolute atomic E-state index is 4.42. The van der Waals surface area contributed by atoms with E-state index in [0.717, 1.165) is 0 Å². The lowest BCUT2D eigenvalue weighted by Gasteiger charge is -2.08. The number of nitrogens with zero attached hydrogens (tertiary/aromatic N) is 3. The van der Waals surface area contributed by atoms with Crippen molar-refractivity contribution in [3.05, 3.63) is 77.5 Å². The molecule has 0 saturated carbocycles. The Kier molecular flexibility index (Phi) is 4.79. The van der Waals surface area contributed by atoms with Crippen molar-refractivity contribution in [1.82, 2.24) is 15.2 Å². The molecule has 116 valence electrons. The number of benzene rings is 2. The van der Waals surface area contributed by atoms with Crippen molar-refractivity contribution >= 4 is 11.8 Å². The van der Waals surface area contributed by atoms with Crippen molar-refractivity contribution in [3.8, 4) is 0 Å². The molecule has 0 aliphatic heterocycles.